The van der Waals surface area contributed by atoms with E-state index in [2.05, 4.69) is 25.6 Å². The minimum absolute atomic E-state index is 0.0304. The van der Waals surface area contributed by atoms with Gasteiger partial charge >= 0.3 is 6.18 Å². The summed E-state index contributed by atoms with van der Waals surface area (Å²) in [6, 6.07) is 5.00. The normalized spacial score (nSPS) is 15.5. The largest absolute Gasteiger partial charge is 0.453 e. The Morgan fingerprint density at radius 3 is 2.48 bits per heavy atom. The number of aryl methyl sites for hydroxylation is 3. The van der Waals surface area contributed by atoms with E-state index in [0.29, 0.717) is 36.3 Å². The quantitative estimate of drug-likeness (QED) is 0.682. The molecule has 3 aromatic heterocycles. The molecular weight excluding hydrogens is 411 g/mol. The Morgan fingerprint density at radius 2 is 1.84 bits per heavy atom. The van der Waals surface area contributed by atoms with Crippen molar-refractivity contribution in [3.8, 4) is 0 Å². The molecule has 11 heteroatoms. The lowest BCUT2D eigenvalue weighted by Crippen LogP contribution is -2.39. The first-order chi connectivity index (χ1) is 14.6. The van der Waals surface area contributed by atoms with Gasteiger partial charge in [-0.2, -0.15) is 17.7 Å². The third-order valence-corrected chi connectivity index (χ3v) is 5.47. The minimum atomic E-state index is -4.64. The number of halogens is 3. The summed E-state index contributed by atoms with van der Waals surface area (Å²) >= 11 is 0. The summed E-state index contributed by atoms with van der Waals surface area (Å²) in [5.41, 5.74) is 3.39. The van der Waals surface area contributed by atoms with Crippen LogP contribution in [0.3, 0.4) is 0 Å². The number of nitrogens with one attached hydrogen (secondary N) is 1. The predicted molar refractivity (Wildman–Crippen MR) is 108 cm³/mol. The monoisotopic (exact) mass is 433 g/mol. The molecule has 0 spiro atoms. The molecule has 0 aliphatic carbocycles. The zero-order valence-electron chi connectivity index (χ0n) is 17.4. The zero-order chi connectivity index (χ0) is 22.3. The molecule has 4 heterocycles. The number of carbonyl (C=O) groups is 1. The van der Waals surface area contributed by atoms with Gasteiger partial charge in [0.2, 0.25) is 5.91 Å². The van der Waals surface area contributed by atoms with Crippen LogP contribution in [0.25, 0.3) is 5.65 Å². The highest BCUT2D eigenvalue weighted by Crippen LogP contribution is 2.29. The van der Waals surface area contributed by atoms with Crippen LogP contribution in [0.4, 0.5) is 24.7 Å². The van der Waals surface area contributed by atoms with Crippen LogP contribution in [-0.4, -0.2) is 43.8 Å². The Morgan fingerprint density at radius 1 is 1.13 bits per heavy atom. The molecule has 4 rings (SSSR count). The predicted octanol–water partition coefficient (Wildman–Crippen LogP) is 3.32. The van der Waals surface area contributed by atoms with Crippen LogP contribution in [0, 0.1) is 26.7 Å². The number of rotatable bonds is 3. The molecule has 1 aliphatic rings. The lowest BCUT2D eigenvalue weighted by atomic mass is 9.95. The van der Waals surface area contributed by atoms with E-state index in [0.717, 1.165) is 22.6 Å². The smallest absolute Gasteiger partial charge is 0.355 e. The van der Waals surface area contributed by atoms with Gasteiger partial charge < -0.3 is 10.2 Å². The van der Waals surface area contributed by atoms with Crippen molar-refractivity contribution in [1.82, 2.24) is 24.8 Å². The van der Waals surface area contributed by atoms with Crippen molar-refractivity contribution in [2.45, 2.75) is 39.8 Å². The van der Waals surface area contributed by atoms with Gasteiger partial charge in [-0.1, -0.05) is 0 Å². The molecule has 3 aromatic rings. The van der Waals surface area contributed by atoms with Gasteiger partial charge in [0.05, 0.1) is 11.4 Å². The first kappa shape index (κ1) is 21.0. The van der Waals surface area contributed by atoms with Crippen molar-refractivity contribution in [3.63, 3.8) is 0 Å². The summed E-state index contributed by atoms with van der Waals surface area (Å²) in [5, 5.41) is 13.8. The molecule has 1 saturated heterocycles. The van der Waals surface area contributed by atoms with E-state index < -0.39 is 12.0 Å². The molecule has 0 atom stereocenters. The second-order valence-corrected chi connectivity index (χ2v) is 7.77. The molecule has 1 N–H and O–H groups in total. The van der Waals surface area contributed by atoms with Gasteiger partial charge in [-0.25, -0.2) is 0 Å². The van der Waals surface area contributed by atoms with E-state index in [9.17, 15) is 18.0 Å². The first-order valence-electron chi connectivity index (χ1n) is 9.94. The fourth-order valence-electron chi connectivity index (χ4n) is 3.93. The molecule has 0 aromatic carbocycles. The van der Waals surface area contributed by atoms with Crippen molar-refractivity contribution < 1.29 is 18.0 Å². The highest BCUT2D eigenvalue weighted by atomic mass is 19.4. The van der Waals surface area contributed by atoms with Gasteiger partial charge in [0.1, 0.15) is 5.82 Å². The zero-order valence-corrected chi connectivity index (χ0v) is 17.4. The number of alkyl halides is 3. The van der Waals surface area contributed by atoms with Gasteiger partial charge in [0.25, 0.3) is 5.82 Å². The van der Waals surface area contributed by atoms with Gasteiger partial charge in [0, 0.05) is 24.7 Å². The molecule has 1 amide bonds. The Bertz CT molecular complexity index is 1110. The van der Waals surface area contributed by atoms with E-state index in [-0.39, 0.29) is 17.5 Å². The highest BCUT2D eigenvalue weighted by Gasteiger charge is 2.38. The summed E-state index contributed by atoms with van der Waals surface area (Å²) in [5.74, 6) is -1.03. The number of aromatic nitrogens is 5. The fraction of sp³-hybridized carbons (Fsp3) is 0.450. The molecule has 31 heavy (non-hydrogen) atoms. The summed E-state index contributed by atoms with van der Waals surface area (Å²) in [6.45, 7) is 6.71. The lowest BCUT2D eigenvalue weighted by Gasteiger charge is -2.32. The third-order valence-electron chi connectivity index (χ3n) is 5.47. The van der Waals surface area contributed by atoms with Crippen LogP contribution in [-0.2, 0) is 11.0 Å². The Hall–Kier alpha value is -3.24. The third kappa shape index (κ3) is 4.17. The number of fused-ring (bicyclic) bond motifs is 1. The number of amides is 1. The Labute approximate surface area is 176 Å². The van der Waals surface area contributed by atoms with Crippen molar-refractivity contribution >= 4 is 23.1 Å². The van der Waals surface area contributed by atoms with Crippen LogP contribution in [0.5, 0.6) is 0 Å². The number of hydrogen-bond donors (Lipinski definition) is 1. The lowest BCUT2D eigenvalue weighted by molar-refractivity contribution is -0.146. The van der Waals surface area contributed by atoms with E-state index >= 15 is 0 Å². The number of piperidine rings is 1. The topological polar surface area (TPSA) is 88.3 Å². The van der Waals surface area contributed by atoms with Crippen molar-refractivity contribution in [2.75, 3.05) is 23.3 Å². The molecule has 0 radical (unpaired) electrons. The second-order valence-electron chi connectivity index (χ2n) is 7.77. The maximum atomic E-state index is 13.1. The number of pyridine rings is 1. The molecule has 1 fully saturated rings. The standard InChI is InChI=1S/C20H22F3N7O/c1-11-10-12(2)24-13(3)17(11)25-18(31)14-6-8-29(9-7-14)16-5-4-15-26-27-19(20(21,22)23)30(15)28-16/h4-5,10,14H,6-9H2,1-3H3,(H,25,31). The minimum Gasteiger partial charge on any atom is -0.355 e. The summed E-state index contributed by atoms with van der Waals surface area (Å²) < 4.78 is 40.0. The molecule has 8 nitrogen and oxygen atoms in total. The molecule has 1 aliphatic heterocycles. The average molecular weight is 433 g/mol. The van der Waals surface area contributed by atoms with Crippen LogP contribution >= 0.6 is 0 Å². The van der Waals surface area contributed by atoms with Crippen LogP contribution in [0.15, 0.2) is 18.2 Å². The molecule has 0 unspecified atom stereocenters. The summed E-state index contributed by atoms with van der Waals surface area (Å²) in [6.07, 6.45) is -3.51. The number of carbonyl (C=O) groups excluding carboxylic acids is 1. The van der Waals surface area contributed by atoms with Crippen LogP contribution in [0.1, 0.15) is 35.6 Å². The molecule has 0 saturated carbocycles. The van der Waals surface area contributed by atoms with Crippen molar-refractivity contribution in [1.29, 1.82) is 0 Å². The van der Waals surface area contributed by atoms with Gasteiger partial charge in [-0.05, 0) is 57.4 Å². The Kier molecular flexibility index (Phi) is 5.28. The number of hydrogen-bond acceptors (Lipinski definition) is 6. The van der Waals surface area contributed by atoms with Gasteiger partial charge in [-0.15, -0.1) is 15.3 Å². The second kappa shape index (κ2) is 7.78. The number of nitrogens with zero attached hydrogens (tertiary/aromatic N) is 6. The molecule has 0 bridgehead atoms. The average Bonchev–Trinajstić information content (AvgIpc) is 3.14. The Balaban J connectivity index is 1.45. The first-order valence-corrected chi connectivity index (χ1v) is 9.94. The summed E-state index contributed by atoms with van der Waals surface area (Å²) in [7, 11) is 0. The molecular formula is C20H22F3N7O. The van der Waals surface area contributed by atoms with Crippen LogP contribution < -0.4 is 10.2 Å². The van der Waals surface area contributed by atoms with Crippen molar-refractivity contribution in [3.05, 3.63) is 41.0 Å². The number of anilines is 2. The molecule has 164 valence electrons. The van der Waals surface area contributed by atoms with E-state index in [1.54, 1.807) is 6.07 Å². The highest BCUT2D eigenvalue weighted by molar-refractivity contribution is 5.94. The van der Waals surface area contributed by atoms with Gasteiger partial charge in [-0.3, -0.25) is 9.78 Å². The van der Waals surface area contributed by atoms with Gasteiger partial charge in [0.15, 0.2) is 5.65 Å². The SMILES string of the molecule is Cc1cc(C)c(NC(=O)C2CCN(c3ccc4nnc(C(F)(F)F)n4n3)CC2)c(C)n1. The van der Waals surface area contributed by atoms with E-state index in [1.807, 2.05) is 31.7 Å². The van der Waals surface area contributed by atoms with Crippen LogP contribution in [0.2, 0.25) is 0 Å². The maximum absolute atomic E-state index is 13.1. The fourth-order valence-corrected chi connectivity index (χ4v) is 3.93. The van der Waals surface area contributed by atoms with E-state index in [1.165, 1.54) is 6.07 Å². The maximum Gasteiger partial charge on any atom is 0.453 e. The van der Waals surface area contributed by atoms with E-state index in [4.69, 9.17) is 0 Å². The summed E-state index contributed by atoms with van der Waals surface area (Å²) in [4.78, 5) is 19.1. The van der Waals surface area contributed by atoms with Crippen molar-refractivity contribution in [2.24, 2.45) is 5.92 Å².